The van der Waals surface area contributed by atoms with Crippen LogP contribution in [0.3, 0.4) is 0 Å². The van der Waals surface area contributed by atoms with E-state index in [9.17, 15) is 8.42 Å². The maximum Gasteiger partial charge on any atom is 0.218 e. The molecular weight excluding hydrogens is 340 g/mol. The molecule has 1 aromatic carbocycles. The highest BCUT2D eigenvalue weighted by molar-refractivity contribution is 9.10. The van der Waals surface area contributed by atoms with Gasteiger partial charge in [0.2, 0.25) is 10.0 Å². The minimum absolute atomic E-state index is 0.399. The van der Waals surface area contributed by atoms with Gasteiger partial charge in [0.15, 0.2) is 0 Å². The fourth-order valence-electron chi connectivity index (χ4n) is 1.97. The van der Waals surface area contributed by atoms with Gasteiger partial charge in [-0.15, -0.1) is 0 Å². The van der Waals surface area contributed by atoms with Crippen LogP contribution in [0.4, 0.5) is 0 Å². The Bertz CT molecular complexity index is 541. The van der Waals surface area contributed by atoms with Crippen molar-refractivity contribution < 1.29 is 8.42 Å². The fraction of sp³-hybridized carbons (Fsp3) is 0.571. The molecule has 1 saturated carbocycles. The standard InChI is InChI=1S/C14H21BrN2O2S/c1-11(9-16-14-7-8-14)20(18,19)17(2)10-12-3-5-13(15)6-4-12/h3-6,11,14,16H,7-10H2,1-2H3. The lowest BCUT2D eigenvalue weighted by Crippen LogP contribution is -2.40. The van der Waals surface area contributed by atoms with Crippen molar-refractivity contribution in [1.82, 2.24) is 9.62 Å². The Morgan fingerprint density at radius 2 is 1.95 bits per heavy atom. The molecule has 1 aromatic rings. The Kier molecular flexibility index (Phi) is 5.23. The van der Waals surface area contributed by atoms with E-state index in [1.807, 2.05) is 24.3 Å². The fourth-order valence-corrected chi connectivity index (χ4v) is 3.48. The van der Waals surface area contributed by atoms with Gasteiger partial charge in [0.25, 0.3) is 0 Å². The largest absolute Gasteiger partial charge is 0.313 e. The maximum atomic E-state index is 12.4. The first-order valence-electron chi connectivity index (χ1n) is 6.82. The molecule has 0 amide bonds. The SMILES string of the molecule is CC(CNC1CC1)S(=O)(=O)N(C)Cc1ccc(Br)cc1. The number of benzene rings is 1. The monoisotopic (exact) mass is 360 g/mol. The summed E-state index contributed by atoms with van der Waals surface area (Å²) in [5.41, 5.74) is 0.988. The molecule has 20 heavy (non-hydrogen) atoms. The van der Waals surface area contributed by atoms with Crippen LogP contribution in [0.15, 0.2) is 28.7 Å². The van der Waals surface area contributed by atoms with Gasteiger partial charge in [0.1, 0.15) is 0 Å². The predicted octanol–water partition coefficient (Wildman–Crippen LogP) is 2.35. The van der Waals surface area contributed by atoms with E-state index in [-0.39, 0.29) is 0 Å². The zero-order valence-electron chi connectivity index (χ0n) is 11.8. The summed E-state index contributed by atoms with van der Waals surface area (Å²) in [5, 5.41) is 2.88. The summed E-state index contributed by atoms with van der Waals surface area (Å²) in [6.07, 6.45) is 2.34. The Morgan fingerprint density at radius 3 is 2.50 bits per heavy atom. The number of sulfonamides is 1. The van der Waals surface area contributed by atoms with E-state index < -0.39 is 15.3 Å². The van der Waals surface area contributed by atoms with Gasteiger partial charge in [-0.3, -0.25) is 0 Å². The number of hydrogen-bond donors (Lipinski definition) is 1. The lowest BCUT2D eigenvalue weighted by Gasteiger charge is -2.22. The minimum atomic E-state index is -3.26. The van der Waals surface area contributed by atoms with Crippen molar-refractivity contribution in [3.63, 3.8) is 0 Å². The van der Waals surface area contributed by atoms with Crippen LogP contribution in [0.1, 0.15) is 25.3 Å². The average Bonchev–Trinajstić information content (AvgIpc) is 3.22. The summed E-state index contributed by atoms with van der Waals surface area (Å²) in [7, 11) is -1.61. The van der Waals surface area contributed by atoms with Crippen LogP contribution in [0.5, 0.6) is 0 Å². The quantitative estimate of drug-likeness (QED) is 0.811. The van der Waals surface area contributed by atoms with Crippen LogP contribution in [-0.2, 0) is 16.6 Å². The molecule has 112 valence electrons. The maximum absolute atomic E-state index is 12.4. The summed E-state index contributed by atoms with van der Waals surface area (Å²) >= 11 is 3.37. The van der Waals surface area contributed by atoms with Crippen LogP contribution in [0.25, 0.3) is 0 Å². The van der Waals surface area contributed by atoms with E-state index in [4.69, 9.17) is 0 Å². The van der Waals surface area contributed by atoms with E-state index in [0.717, 1.165) is 10.0 Å². The summed E-state index contributed by atoms with van der Waals surface area (Å²) in [5.74, 6) is 0. The van der Waals surface area contributed by atoms with Crippen LogP contribution in [0, 0.1) is 0 Å². The topological polar surface area (TPSA) is 49.4 Å². The molecule has 0 saturated heterocycles. The second-order valence-electron chi connectivity index (χ2n) is 5.42. The number of nitrogens with one attached hydrogen (secondary N) is 1. The predicted molar refractivity (Wildman–Crippen MR) is 85.0 cm³/mol. The van der Waals surface area contributed by atoms with Gasteiger partial charge in [0.05, 0.1) is 5.25 Å². The molecule has 0 aliphatic heterocycles. The molecule has 0 spiro atoms. The molecule has 0 heterocycles. The Hall–Kier alpha value is -0.430. The normalized spacial score (nSPS) is 17.4. The first-order valence-corrected chi connectivity index (χ1v) is 9.12. The number of rotatable bonds is 7. The highest BCUT2D eigenvalue weighted by atomic mass is 79.9. The van der Waals surface area contributed by atoms with Crippen LogP contribution in [-0.4, -0.2) is 37.6 Å². The van der Waals surface area contributed by atoms with Crippen molar-refractivity contribution >= 4 is 26.0 Å². The molecule has 0 aromatic heterocycles. The molecule has 6 heteroatoms. The molecule has 1 N–H and O–H groups in total. The van der Waals surface area contributed by atoms with Crippen LogP contribution < -0.4 is 5.32 Å². The summed E-state index contributed by atoms with van der Waals surface area (Å²) in [6.45, 7) is 2.70. The zero-order chi connectivity index (χ0) is 14.8. The third kappa shape index (κ3) is 4.28. The van der Waals surface area contributed by atoms with Crippen molar-refractivity contribution in [2.24, 2.45) is 0 Å². The second kappa shape index (κ2) is 6.56. The van der Waals surface area contributed by atoms with Crippen LogP contribution >= 0.6 is 15.9 Å². The molecule has 4 nitrogen and oxygen atoms in total. The van der Waals surface area contributed by atoms with Gasteiger partial charge in [0, 0.05) is 30.7 Å². The minimum Gasteiger partial charge on any atom is -0.313 e. The molecular formula is C14H21BrN2O2S. The van der Waals surface area contributed by atoms with Crippen molar-refractivity contribution in [3.05, 3.63) is 34.3 Å². The Morgan fingerprint density at radius 1 is 1.35 bits per heavy atom. The third-order valence-corrected chi connectivity index (χ3v) is 6.24. The van der Waals surface area contributed by atoms with E-state index in [1.54, 1.807) is 14.0 Å². The van der Waals surface area contributed by atoms with Gasteiger partial charge < -0.3 is 5.32 Å². The Labute approximate surface area is 129 Å². The molecule has 1 aliphatic rings. The lowest BCUT2D eigenvalue weighted by atomic mass is 10.2. The van der Waals surface area contributed by atoms with E-state index in [1.165, 1.54) is 17.1 Å². The molecule has 1 fully saturated rings. The summed E-state index contributed by atoms with van der Waals surface area (Å²) in [6, 6.07) is 8.25. The molecule has 1 atom stereocenters. The molecule has 1 unspecified atom stereocenters. The third-order valence-electron chi connectivity index (χ3n) is 3.53. The summed E-state index contributed by atoms with van der Waals surface area (Å²) < 4.78 is 27.3. The van der Waals surface area contributed by atoms with Crippen molar-refractivity contribution in [2.75, 3.05) is 13.6 Å². The van der Waals surface area contributed by atoms with Crippen LogP contribution in [0.2, 0.25) is 0 Å². The molecule has 0 bridgehead atoms. The first kappa shape index (κ1) is 15.9. The van der Waals surface area contributed by atoms with Gasteiger partial charge in [-0.2, -0.15) is 0 Å². The van der Waals surface area contributed by atoms with Crippen molar-refractivity contribution in [3.8, 4) is 0 Å². The highest BCUT2D eigenvalue weighted by Crippen LogP contribution is 2.19. The van der Waals surface area contributed by atoms with Crippen molar-refractivity contribution in [2.45, 2.75) is 37.6 Å². The first-order chi connectivity index (χ1) is 9.39. The van der Waals surface area contributed by atoms with Gasteiger partial charge in [-0.1, -0.05) is 28.1 Å². The number of nitrogens with zero attached hydrogens (tertiary/aromatic N) is 1. The molecule has 0 radical (unpaired) electrons. The lowest BCUT2D eigenvalue weighted by molar-refractivity contribution is 0.453. The highest BCUT2D eigenvalue weighted by Gasteiger charge is 2.28. The second-order valence-corrected chi connectivity index (χ2v) is 8.79. The van der Waals surface area contributed by atoms with E-state index in [2.05, 4.69) is 21.2 Å². The number of hydrogen-bond acceptors (Lipinski definition) is 3. The zero-order valence-corrected chi connectivity index (χ0v) is 14.2. The summed E-state index contributed by atoms with van der Waals surface area (Å²) in [4.78, 5) is 0. The average molecular weight is 361 g/mol. The van der Waals surface area contributed by atoms with Gasteiger partial charge in [-0.25, -0.2) is 12.7 Å². The Balaban J connectivity index is 1.94. The van der Waals surface area contributed by atoms with Crippen molar-refractivity contribution in [1.29, 1.82) is 0 Å². The van der Waals surface area contributed by atoms with Gasteiger partial charge >= 0.3 is 0 Å². The molecule has 2 rings (SSSR count). The smallest absolute Gasteiger partial charge is 0.218 e. The van der Waals surface area contributed by atoms with Gasteiger partial charge in [-0.05, 0) is 37.5 Å². The number of halogens is 1. The van der Waals surface area contributed by atoms with E-state index >= 15 is 0 Å². The molecule has 1 aliphatic carbocycles. The van der Waals surface area contributed by atoms with E-state index in [0.29, 0.717) is 19.1 Å².